The fraction of sp³-hybridized carbons (Fsp3) is 0.385. The van der Waals surface area contributed by atoms with E-state index in [9.17, 15) is 19.7 Å². The second-order valence-corrected chi connectivity index (χ2v) is 4.75. The quantitative estimate of drug-likeness (QED) is 0.474. The van der Waals surface area contributed by atoms with E-state index in [0.29, 0.717) is 17.9 Å². The van der Waals surface area contributed by atoms with Gasteiger partial charge in [0.05, 0.1) is 18.0 Å². The van der Waals surface area contributed by atoms with Crippen LogP contribution in [0.2, 0.25) is 0 Å². The molecule has 1 aliphatic rings. The lowest BCUT2D eigenvalue weighted by atomic mass is 10.2. The molecule has 21 heavy (non-hydrogen) atoms. The van der Waals surface area contributed by atoms with Gasteiger partial charge in [-0.25, -0.2) is 0 Å². The highest BCUT2D eigenvalue weighted by atomic mass is 16.6. The van der Waals surface area contributed by atoms with Crippen LogP contribution in [0.5, 0.6) is 0 Å². The van der Waals surface area contributed by atoms with E-state index in [-0.39, 0.29) is 18.8 Å². The fourth-order valence-corrected chi connectivity index (χ4v) is 2.07. The summed E-state index contributed by atoms with van der Waals surface area (Å²) in [4.78, 5) is 34.8. The molecule has 1 heterocycles. The van der Waals surface area contributed by atoms with Crippen LogP contribution in [0.15, 0.2) is 18.2 Å². The van der Waals surface area contributed by atoms with E-state index in [2.05, 4.69) is 10.6 Å². The lowest BCUT2D eigenvalue weighted by Crippen LogP contribution is -2.51. The van der Waals surface area contributed by atoms with Crippen LogP contribution in [0.3, 0.4) is 0 Å². The fourth-order valence-electron chi connectivity index (χ4n) is 2.07. The first kappa shape index (κ1) is 14.8. The zero-order valence-corrected chi connectivity index (χ0v) is 11.6. The summed E-state index contributed by atoms with van der Waals surface area (Å²) in [6.45, 7) is 2.67. The van der Waals surface area contributed by atoms with Crippen LogP contribution in [-0.4, -0.2) is 36.4 Å². The van der Waals surface area contributed by atoms with Crippen molar-refractivity contribution in [1.29, 1.82) is 0 Å². The van der Waals surface area contributed by atoms with E-state index >= 15 is 0 Å². The summed E-state index contributed by atoms with van der Waals surface area (Å²) in [6, 6.07) is 4.50. The largest absolute Gasteiger partial charge is 0.385 e. The van der Waals surface area contributed by atoms with E-state index in [1.807, 2.05) is 6.92 Å². The molecule has 2 amide bonds. The minimum absolute atomic E-state index is 0.000124. The van der Waals surface area contributed by atoms with Crippen LogP contribution in [0, 0.1) is 10.1 Å². The lowest BCUT2D eigenvalue weighted by molar-refractivity contribution is -0.384. The van der Waals surface area contributed by atoms with Crippen molar-refractivity contribution in [3.05, 3.63) is 28.3 Å². The normalized spacial score (nSPS) is 14.8. The number of anilines is 2. The predicted molar refractivity (Wildman–Crippen MR) is 77.2 cm³/mol. The molecule has 2 N–H and O–H groups in total. The van der Waals surface area contributed by atoms with Crippen LogP contribution < -0.4 is 15.5 Å². The molecule has 0 radical (unpaired) electrons. The maximum atomic E-state index is 11.4. The Morgan fingerprint density at radius 2 is 1.95 bits per heavy atom. The van der Waals surface area contributed by atoms with E-state index in [1.54, 1.807) is 6.07 Å². The molecule has 0 saturated carbocycles. The van der Waals surface area contributed by atoms with Gasteiger partial charge in [0.1, 0.15) is 0 Å². The van der Waals surface area contributed by atoms with Gasteiger partial charge in [-0.05, 0) is 12.5 Å². The molecular weight excluding hydrogens is 276 g/mol. The van der Waals surface area contributed by atoms with Gasteiger partial charge in [0.2, 0.25) is 11.8 Å². The van der Waals surface area contributed by atoms with E-state index in [4.69, 9.17) is 0 Å². The number of carbonyl (C=O) groups is 2. The number of nitro benzene ring substituents is 1. The highest BCUT2D eigenvalue weighted by Crippen LogP contribution is 2.27. The third kappa shape index (κ3) is 3.68. The second-order valence-electron chi connectivity index (χ2n) is 4.75. The average Bonchev–Trinajstić information content (AvgIpc) is 2.43. The van der Waals surface area contributed by atoms with Crippen molar-refractivity contribution in [2.24, 2.45) is 0 Å². The Kier molecular flexibility index (Phi) is 4.36. The van der Waals surface area contributed by atoms with Gasteiger partial charge in [0.25, 0.3) is 5.69 Å². The SMILES string of the molecule is CCCNc1cc(N2CC(=O)NC(=O)C2)cc([N+](=O)[O-])c1. The maximum Gasteiger partial charge on any atom is 0.273 e. The number of imide groups is 1. The van der Waals surface area contributed by atoms with Crippen molar-refractivity contribution >= 4 is 28.9 Å². The minimum atomic E-state index is -0.494. The minimum Gasteiger partial charge on any atom is -0.385 e. The van der Waals surface area contributed by atoms with Crippen LogP contribution in [0.4, 0.5) is 17.1 Å². The molecule has 0 spiro atoms. The number of nitrogens with one attached hydrogen (secondary N) is 2. The van der Waals surface area contributed by atoms with E-state index in [0.717, 1.165) is 6.42 Å². The van der Waals surface area contributed by atoms with Crippen molar-refractivity contribution in [3.8, 4) is 0 Å². The Balaban J connectivity index is 2.32. The molecule has 0 aromatic heterocycles. The molecule has 1 saturated heterocycles. The topological polar surface area (TPSA) is 105 Å². The number of benzene rings is 1. The summed E-state index contributed by atoms with van der Waals surface area (Å²) in [5, 5.41) is 16.3. The van der Waals surface area contributed by atoms with Gasteiger partial charge in [-0.3, -0.25) is 25.0 Å². The molecule has 8 heteroatoms. The number of hydrogen-bond acceptors (Lipinski definition) is 6. The van der Waals surface area contributed by atoms with Gasteiger partial charge in [-0.1, -0.05) is 6.92 Å². The molecule has 0 atom stereocenters. The standard InChI is InChI=1S/C13H16N4O4/c1-2-3-14-9-4-10(6-11(5-9)17(20)21)16-7-12(18)15-13(19)8-16/h4-6,14H,2-3,7-8H2,1H3,(H,15,18,19). The molecule has 0 unspecified atom stereocenters. The number of carbonyl (C=O) groups excluding carboxylic acids is 2. The van der Waals surface area contributed by atoms with Crippen molar-refractivity contribution in [2.45, 2.75) is 13.3 Å². The average molecular weight is 292 g/mol. The van der Waals surface area contributed by atoms with Crippen LogP contribution >= 0.6 is 0 Å². The summed E-state index contributed by atoms with van der Waals surface area (Å²) in [7, 11) is 0. The molecule has 8 nitrogen and oxygen atoms in total. The van der Waals surface area contributed by atoms with Crippen LogP contribution in [0.25, 0.3) is 0 Å². The Bertz CT molecular complexity index is 572. The number of non-ortho nitro benzene ring substituents is 1. The van der Waals surface area contributed by atoms with E-state index < -0.39 is 16.7 Å². The molecule has 2 rings (SSSR count). The maximum absolute atomic E-state index is 11.4. The van der Waals surface area contributed by atoms with Crippen molar-refractivity contribution in [1.82, 2.24) is 5.32 Å². The van der Waals surface area contributed by atoms with Crippen LogP contribution in [-0.2, 0) is 9.59 Å². The molecular formula is C13H16N4O4. The number of rotatable bonds is 5. The summed E-state index contributed by atoms with van der Waals surface area (Å²) >= 11 is 0. The summed E-state index contributed by atoms with van der Waals surface area (Å²) in [6.07, 6.45) is 0.878. The summed E-state index contributed by atoms with van der Waals surface area (Å²) in [5.74, 6) is -0.832. The molecule has 1 aliphatic heterocycles. The molecule has 1 fully saturated rings. The number of amides is 2. The first-order valence-corrected chi connectivity index (χ1v) is 6.60. The Morgan fingerprint density at radius 3 is 2.52 bits per heavy atom. The zero-order valence-electron chi connectivity index (χ0n) is 11.6. The Labute approximate surface area is 121 Å². The molecule has 0 bridgehead atoms. The van der Waals surface area contributed by atoms with Gasteiger partial charge in [0.15, 0.2) is 0 Å². The summed E-state index contributed by atoms with van der Waals surface area (Å²) in [5.41, 5.74) is 0.995. The predicted octanol–water partition coefficient (Wildman–Crippen LogP) is 0.879. The first-order chi connectivity index (χ1) is 9.99. The monoisotopic (exact) mass is 292 g/mol. The molecule has 1 aromatic rings. The highest BCUT2D eigenvalue weighted by molar-refractivity contribution is 6.02. The van der Waals surface area contributed by atoms with Crippen molar-refractivity contribution in [3.63, 3.8) is 0 Å². The number of nitrogens with zero attached hydrogens (tertiary/aromatic N) is 2. The number of nitro groups is 1. The third-order valence-electron chi connectivity index (χ3n) is 3.01. The second kappa shape index (κ2) is 6.21. The van der Waals surface area contributed by atoms with Gasteiger partial charge < -0.3 is 10.2 Å². The third-order valence-corrected chi connectivity index (χ3v) is 3.01. The van der Waals surface area contributed by atoms with Crippen LogP contribution in [0.1, 0.15) is 13.3 Å². The molecule has 1 aromatic carbocycles. The Hall–Kier alpha value is -2.64. The lowest BCUT2D eigenvalue weighted by Gasteiger charge is -2.27. The smallest absolute Gasteiger partial charge is 0.273 e. The van der Waals surface area contributed by atoms with Gasteiger partial charge in [-0.2, -0.15) is 0 Å². The Morgan fingerprint density at radius 1 is 1.29 bits per heavy atom. The first-order valence-electron chi connectivity index (χ1n) is 6.60. The van der Waals surface area contributed by atoms with Gasteiger partial charge >= 0.3 is 0 Å². The number of hydrogen-bond donors (Lipinski definition) is 2. The van der Waals surface area contributed by atoms with Crippen molar-refractivity contribution < 1.29 is 14.5 Å². The van der Waals surface area contributed by atoms with Gasteiger partial charge in [-0.15, -0.1) is 0 Å². The highest BCUT2D eigenvalue weighted by Gasteiger charge is 2.24. The number of piperazine rings is 1. The molecule has 0 aliphatic carbocycles. The summed E-state index contributed by atoms with van der Waals surface area (Å²) < 4.78 is 0. The zero-order chi connectivity index (χ0) is 15.4. The van der Waals surface area contributed by atoms with E-state index in [1.165, 1.54) is 17.0 Å². The van der Waals surface area contributed by atoms with Gasteiger partial charge in [0, 0.05) is 30.1 Å². The molecule has 112 valence electrons. The van der Waals surface area contributed by atoms with Crippen molar-refractivity contribution in [2.75, 3.05) is 29.9 Å².